The highest BCUT2D eigenvalue weighted by Crippen LogP contribution is 2.44. The van der Waals surface area contributed by atoms with Crippen LogP contribution in [0.4, 0.5) is 4.79 Å². The van der Waals surface area contributed by atoms with Crippen molar-refractivity contribution in [3.8, 4) is 11.1 Å². The van der Waals surface area contributed by atoms with E-state index in [9.17, 15) is 14.4 Å². The third-order valence-electron chi connectivity index (χ3n) is 5.24. The molecule has 2 amide bonds. The lowest BCUT2D eigenvalue weighted by atomic mass is 9.98. The molecule has 7 heteroatoms. The zero-order valence-electron chi connectivity index (χ0n) is 17.6. The molecular weight excluding hydrogens is 396 g/mol. The molecule has 3 N–H and O–H groups in total. The number of hydrogen-bond acceptors (Lipinski definition) is 4. The molecule has 7 nitrogen and oxygen atoms in total. The Morgan fingerprint density at radius 1 is 1.06 bits per heavy atom. The Morgan fingerprint density at radius 3 is 2.23 bits per heavy atom. The summed E-state index contributed by atoms with van der Waals surface area (Å²) in [7, 11) is 0. The molecule has 1 unspecified atom stereocenters. The van der Waals surface area contributed by atoms with Crippen molar-refractivity contribution in [2.24, 2.45) is 0 Å². The van der Waals surface area contributed by atoms with Crippen LogP contribution < -0.4 is 10.6 Å². The number of carbonyl (C=O) groups excluding carboxylic acids is 2. The van der Waals surface area contributed by atoms with Gasteiger partial charge in [-0.25, -0.2) is 9.59 Å². The van der Waals surface area contributed by atoms with Crippen LogP contribution in [0, 0.1) is 0 Å². The highest BCUT2D eigenvalue weighted by atomic mass is 16.5. The number of nitrogens with one attached hydrogen (secondary N) is 2. The van der Waals surface area contributed by atoms with Gasteiger partial charge in [-0.15, -0.1) is 0 Å². The van der Waals surface area contributed by atoms with E-state index in [1.165, 1.54) is 13.0 Å². The second kappa shape index (κ2) is 9.93. The van der Waals surface area contributed by atoms with Gasteiger partial charge in [0.15, 0.2) is 0 Å². The quantitative estimate of drug-likeness (QED) is 0.565. The molecule has 1 aliphatic rings. The molecule has 2 aromatic rings. The molecule has 0 heterocycles. The maximum absolute atomic E-state index is 12.3. The molecule has 3 rings (SSSR count). The summed E-state index contributed by atoms with van der Waals surface area (Å²) in [5.74, 6) is -1.35. The fourth-order valence-electron chi connectivity index (χ4n) is 3.65. The summed E-state index contributed by atoms with van der Waals surface area (Å²) in [6, 6.07) is 15.8. The van der Waals surface area contributed by atoms with Crippen molar-refractivity contribution in [1.29, 1.82) is 0 Å². The zero-order valence-corrected chi connectivity index (χ0v) is 17.6. The fourth-order valence-corrected chi connectivity index (χ4v) is 3.65. The average Bonchev–Trinajstić information content (AvgIpc) is 3.05. The van der Waals surface area contributed by atoms with Crippen LogP contribution in [-0.2, 0) is 14.3 Å². The Balaban J connectivity index is 1.49. The number of carbonyl (C=O) groups is 3. The Hall–Kier alpha value is -3.61. The first kappa shape index (κ1) is 22.1. The third kappa shape index (κ3) is 5.51. The van der Waals surface area contributed by atoms with Crippen LogP contribution in [0.3, 0.4) is 0 Å². The molecule has 0 saturated carbocycles. The van der Waals surface area contributed by atoms with Crippen molar-refractivity contribution in [3.63, 3.8) is 0 Å². The summed E-state index contributed by atoms with van der Waals surface area (Å²) in [5, 5.41) is 14.1. The molecule has 2 aromatic carbocycles. The van der Waals surface area contributed by atoms with E-state index in [2.05, 4.69) is 34.9 Å². The van der Waals surface area contributed by atoms with Gasteiger partial charge in [-0.2, -0.15) is 0 Å². The number of fused-ring (bicyclic) bond motifs is 3. The first-order chi connectivity index (χ1) is 14.9. The second-order valence-corrected chi connectivity index (χ2v) is 7.57. The van der Waals surface area contributed by atoms with E-state index in [4.69, 9.17) is 9.84 Å². The van der Waals surface area contributed by atoms with E-state index in [-0.39, 0.29) is 37.0 Å². The largest absolute Gasteiger partial charge is 0.478 e. The zero-order chi connectivity index (χ0) is 22.4. The molecule has 0 saturated heterocycles. The van der Waals surface area contributed by atoms with E-state index in [0.717, 1.165) is 22.3 Å². The van der Waals surface area contributed by atoms with Gasteiger partial charge in [0.05, 0.1) is 0 Å². The van der Waals surface area contributed by atoms with Gasteiger partial charge in [-0.1, -0.05) is 54.6 Å². The fraction of sp³-hybridized carbons (Fsp3) is 0.292. The molecule has 0 fully saturated rings. The van der Waals surface area contributed by atoms with Crippen LogP contribution in [0.1, 0.15) is 37.3 Å². The summed E-state index contributed by atoms with van der Waals surface area (Å²) in [5.41, 5.74) is 4.74. The summed E-state index contributed by atoms with van der Waals surface area (Å²) in [4.78, 5) is 34.9. The summed E-state index contributed by atoms with van der Waals surface area (Å²) in [6.07, 6.45) is 0.900. The van der Waals surface area contributed by atoms with Crippen molar-refractivity contribution >= 4 is 18.0 Å². The lowest BCUT2D eigenvalue weighted by Gasteiger charge is -2.17. The third-order valence-corrected chi connectivity index (χ3v) is 5.24. The number of rotatable bonds is 8. The molecule has 31 heavy (non-hydrogen) atoms. The normalized spacial score (nSPS) is 13.7. The number of alkyl carbamates (subject to hydrolysis) is 1. The van der Waals surface area contributed by atoms with E-state index < -0.39 is 18.1 Å². The SMILES string of the molecule is C/C(=C\CNC(=O)CC(C)NC(=O)OCC1c2ccccc2-c2ccccc21)C(=O)O. The van der Waals surface area contributed by atoms with Crippen LogP contribution >= 0.6 is 0 Å². The average molecular weight is 422 g/mol. The van der Waals surface area contributed by atoms with Gasteiger partial charge in [0, 0.05) is 30.5 Å². The van der Waals surface area contributed by atoms with Crippen molar-refractivity contribution in [1.82, 2.24) is 10.6 Å². The van der Waals surface area contributed by atoms with E-state index in [0.29, 0.717) is 0 Å². The molecule has 1 aliphatic carbocycles. The number of hydrogen-bond donors (Lipinski definition) is 3. The van der Waals surface area contributed by atoms with Gasteiger partial charge in [0.2, 0.25) is 5.91 Å². The van der Waals surface area contributed by atoms with Gasteiger partial charge in [-0.3, -0.25) is 4.79 Å². The minimum absolute atomic E-state index is 0.0268. The van der Waals surface area contributed by atoms with Crippen molar-refractivity contribution in [2.45, 2.75) is 32.2 Å². The predicted octanol–water partition coefficient (Wildman–Crippen LogP) is 3.45. The molecule has 0 aromatic heterocycles. The van der Waals surface area contributed by atoms with Crippen LogP contribution in [0.5, 0.6) is 0 Å². The summed E-state index contributed by atoms with van der Waals surface area (Å²) in [6.45, 7) is 3.49. The number of benzene rings is 2. The molecule has 162 valence electrons. The first-order valence-corrected chi connectivity index (χ1v) is 10.1. The Kier molecular flexibility index (Phi) is 7.07. The second-order valence-electron chi connectivity index (χ2n) is 7.57. The summed E-state index contributed by atoms with van der Waals surface area (Å²) < 4.78 is 5.47. The van der Waals surface area contributed by atoms with Crippen LogP contribution in [0.15, 0.2) is 60.2 Å². The van der Waals surface area contributed by atoms with E-state index in [1.807, 2.05) is 24.3 Å². The van der Waals surface area contributed by atoms with Gasteiger partial charge in [-0.05, 0) is 36.1 Å². The van der Waals surface area contributed by atoms with Gasteiger partial charge in [0.25, 0.3) is 0 Å². The number of carboxylic acids is 1. The lowest BCUT2D eigenvalue weighted by molar-refractivity contribution is -0.132. The van der Waals surface area contributed by atoms with Crippen molar-refractivity contribution < 1.29 is 24.2 Å². The number of carboxylic acid groups (broad SMARTS) is 1. The van der Waals surface area contributed by atoms with E-state index in [1.54, 1.807) is 6.92 Å². The number of ether oxygens (including phenoxy) is 1. The van der Waals surface area contributed by atoms with Crippen molar-refractivity contribution in [3.05, 3.63) is 71.3 Å². The van der Waals surface area contributed by atoms with E-state index >= 15 is 0 Å². The van der Waals surface area contributed by atoms with Gasteiger partial charge < -0.3 is 20.5 Å². The monoisotopic (exact) mass is 422 g/mol. The molecule has 0 bridgehead atoms. The maximum atomic E-state index is 12.3. The molecular formula is C24H26N2O5. The molecule has 0 spiro atoms. The minimum atomic E-state index is -1.03. The molecule has 1 atom stereocenters. The Bertz CT molecular complexity index is 969. The Labute approximate surface area is 181 Å². The Morgan fingerprint density at radius 2 is 1.65 bits per heavy atom. The lowest BCUT2D eigenvalue weighted by Crippen LogP contribution is -2.38. The topological polar surface area (TPSA) is 105 Å². The predicted molar refractivity (Wildman–Crippen MR) is 117 cm³/mol. The highest BCUT2D eigenvalue weighted by molar-refractivity contribution is 5.86. The number of aliphatic carboxylic acids is 1. The highest BCUT2D eigenvalue weighted by Gasteiger charge is 2.29. The maximum Gasteiger partial charge on any atom is 0.407 e. The van der Waals surface area contributed by atoms with Gasteiger partial charge in [0.1, 0.15) is 6.61 Å². The molecule has 0 aliphatic heterocycles. The molecule has 0 radical (unpaired) electrons. The smallest absolute Gasteiger partial charge is 0.407 e. The summed E-state index contributed by atoms with van der Waals surface area (Å²) >= 11 is 0. The van der Waals surface area contributed by atoms with Crippen LogP contribution in [0.25, 0.3) is 11.1 Å². The van der Waals surface area contributed by atoms with Crippen LogP contribution in [0.2, 0.25) is 0 Å². The van der Waals surface area contributed by atoms with Crippen LogP contribution in [-0.4, -0.2) is 42.3 Å². The van der Waals surface area contributed by atoms with Crippen molar-refractivity contribution in [2.75, 3.05) is 13.2 Å². The van der Waals surface area contributed by atoms with Gasteiger partial charge >= 0.3 is 12.1 Å². The standard InChI is InChI=1S/C24H26N2O5/c1-15(23(28)29)11-12-25-22(27)13-16(2)26-24(30)31-14-21-19-9-5-3-7-17(19)18-8-4-6-10-20(18)21/h3-11,16,21H,12-14H2,1-2H3,(H,25,27)(H,26,30)(H,28,29)/b15-11+. The first-order valence-electron chi connectivity index (χ1n) is 10.1. The number of amides is 2. The minimum Gasteiger partial charge on any atom is -0.478 e.